The average molecular weight is 279 g/mol. The van der Waals surface area contributed by atoms with Gasteiger partial charge in [0, 0.05) is 6.04 Å². The van der Waals surface area contributed by atoms with Crippen molar-refractivity contribution >= 4 is 11.9 Å². The summed E-state index contributed by atoms with van der Waals surface area (Å²) >= 11 is 0. The molecular weight excluding hydrogens is 258 g/mol. The summed E-state index contributed by atoms with van der Waals surface area (Å²) in [6.07, 6.45) is 1.89. The van der Waals surface area contributed by atoms with Gasteiger partial charge in [-0.05, 0) is 31.0 Å². The smallest absolute Gasteiger partial charge is 0.307 e. The minimum atomic E-state index is -0.895. The van der Waals surface area contributed by atoms with Crippen LogP contribution < -0.4 is 10.1 Å². The molecule has 5 heteroatoms. The van der Waals surface area contributed by atoms with Crippen molar-refractivity contribution in [1.29, 1.82) is 0 Å². The van der Waals surface area contributed by atoms with E-state index in [0.29, 0.717) is 11.3 Å². The van der Waals surface area contributed by atoms with Crippen molar-refractivity contribution in [2.75, 3.05) is 6.61 Å². The number of nitrogens with one attached hydrogen (secondary N) is 1. The number of carbonyl (C=O) groups excluding carboxylic acids is 1. The van der Waals surface area contributed by atoms with E-state index < -0.39 is 5.97 Å². The lowest BCUT2D eigenvalue weighted by molar-refractivity contribution is -0.136. The van der Waals surface area contributed by atoms with E-state index in [-0.39, 0.29) is 25.0 Å². The molecule has 5 nitrogen and oxygen atoms in total. The Balaban J connectivity index is 2.45. The number of hydrogen-bond donors (Lipinski definition) is 2. The molecule has 110 valence electrons. The predicted molar refractivity (Wildman–Crippen MR) is 75.8 cm³/mol. The van der Waals surface area contributed by atoms with Crippen molar-refractivity contribution in [2.24, 2.45) is 0 Å². The molecule has 1 unspecified atom stereocenters. The van der Waals surface area contributed by atoms with E-state index >= 15 is 0 Å². The zero-order valence-electron chi connectivity index (χ0n) is 11.9. The second-order valence-electron chi connectivity index (χ2n) is 4.76. The number of ether oxygens (including phenoxy) is 1. The van der Waals surface area contributed by atoms with Crippen LogP contribution in [0.15, 0.2) is 24.3 Å². The van der Waals surface area contributed by atoms with Crippen LogP contribution in [0.5, 0.6) is 5.75 Å². The van der Waals surface area contributed by atoms with Crippen LogP contribution >= 0.6 is 0 Å². The van der Waals surface area contributed by atoms with Crippen LogP contribution in [0.1, 0.15) is 32.3 Å². The third-order valence-corrected chi connectivity index (χ3v) is 2.75. The number of amides is 1. The van der Waals surface area contributed by atoms with E-state index in [2.05, 4.69) is 12.2 Å². The molecule has 0 spiro atoms. The van der Waals surface area contributed by atoms with Gasteiger partial charge < -0.3 is 15.2 Å². The van der Waals surface area contributed by atoms with Crippen LogP contribution in [0, 0.1) is 0 Å². The Morgan fingerprint density at radius 1 is 1.40 bits per heavy atom. The lowest BCUT2D eigenvalue weighted by Crippen LogP contribution is -2.35. The first-order valence-corrected chi connectivity index (χ1v) is 6.74. The molecule has 0 saturated carbocycles. The monoisotopic (exact) mass is 279 g/mol. The Morgan fingerprint density at radius 2 is 2.15 bits per heavy atom. The van der Waals surface area contributed by atoms with Gasteiger partial charge in [-0.2, -0.15) is 0 Å². The summed E-state index contributed by atoms with van der Waals surface area (Å²) in [6.45, 7) is 3.95. The molecule has 0 aliphatic carbocycles. The highest BCUT2D eigenvalue weighted by Crippen LogP contribution is 2.13. The summed E-state index contributed by atoms with van der Waals surface area (Å²) in [6, 6.07) is 6.90. The first-order chi connectivity index (χ1) is 9.51. The topological polar surface area (TPSA) is 75.6 Å². The maximum Gasteiger partial charge on any atom is 0.307 e. The van der Waals surface area contributed by atoms with Crippen molar-refractivity contribution in [3.63, 3.8) is 0 Å². The molecule has 0 saturated heterocycles. The number of aliphatic carboxylic acids is 1. The van der Waals surface area contributed by atoms with Crippen LogP contribution in [0.4, 0.5) is 0 Å². The second kappa shape index (κ2) is 8.19. The Morgan fingerprint density at radius 3 is 2.80 bits per heavy atom. The highest BCUT2D eigenvalue weighted by Gasteiger charge is 2.08. The average Bonchev–Trinajstić information content (AvgIpc) is 2.36. The fourth-order valence-corrected chi connectivity index (χ4v) is 1.89. The summed E-state index contributed by atoms with van der Waals surface area (Å²) in [4.78, 5) is 22.3. The lowest BCUT2D eigenvalue weighted by atomic mass is 10.1. The van der Waals surface area contributed by atoms with Gasteiger partial charge in [-0.3, -0.25) is 9.59 Å². The molecule has 1 atom stereocenters. The number of carbonyl (C=O) groups is 2. The predicted octanol–water partition coefficient (Wildman–Crippen LogP) is 2.00. The van der Waals surface area contributed by atoms with Gasteiger partial charge in [-0.1, -0.05) is 25.5 Å². The van der Waals surface area contributed by atoms with Crippen molar-refractivity contribution < 1.29 is 19.4 Å². The molecule has 0 heterocycles. The van der Waals surface area contributed by atoms with Crippen molar-refractivity contribution in [3.05, 3.63) is 29.8 Å². The molecule has 0 fully saturated rings. The fourth-order valence-electron chi connectivity index (χ4n) is 1.89. The molecule has 2 N–H and O–H groups in total. The quantitative estimate of drug-likeness (QED) is 0.763. The van der Waals surface area contributed by atoms with E-state index in [9.17, 15) is 9.59 Å². The van der Waals surface area contributed by atoms with E-state index in [0.717, 1.165) is 12.8 Å². The van der Waals surface area contributed by atoms with Crippen LogP contribution in [0.3, 0.4) is 0 Å². The van der Waals surface area contributed by atoms with Gasteiger partial charge in [0.15, 0.2) is 6.61 Å². The molecule has 0 aliphatic heterocycles. The van der Waals surface area contributed by atoms with Crippen LogP contribution in [0.25, 0.3) is 0 Å². The molecule has 0 aliphatic rings. The van der Waals surface area contributed by atoms with Crippen molar-refractivity contribution in [2.45, 2.75) is 39.2 Å². The number of hydrogen-bond acceptors (Lipinski definition) is 3. The minimum Gasteiger partial charge on any atom is -0.484 e. The van der Waals surface area contributed by atoms with Gasteiger partial charge in [0.2, 0.25) is 0 Å². The van der Waals surface area contributed by atoms with E-state index in [1.807, 2.05) is 6.92 Å². The molecule has 1 rings (SSSR count). The highest BCUT2D eigenvalue weighted by molar-refractivity contribution is 5.77. The van der Waals surface area contributed by atoms with Gasteiger partial charge in [0.1, 0.15) is 5.75 Å². The fraction of sp³-hybridized carbons (Fsp3) is 0.467. The Labute approximate surface area is 118 Å². The lowest BCUT2D eigenvalue weighted by Gasteiger charge is -2.13. The Kier molecular flexibility index (Phi) is 6.56. The summed E-state index contributed by atoms with van der Waals surface area (Å²) in [5.74, 6) is -0.565. The van der Waals surface area contributed by atoms with E-state index in [4.69, 9.17) is 9.84 Å². The van der Waals surface area contributed by atoms with Crippen LogP contribution in [0.2, 0.25) is 0 Å². The number of benzene rings is 1. The normalized spacial score (nSPS) is 11.7. The summed E-state index contributed by atoms with van der Waals surface area (Å²) in [7, 11) is 0. The minimum absolute atomic E-state index is 0.0586. The molecule has 1 aromatic carbocycles. The zero-order chi connectivity index (χ0) is 15.0. The Hall–Kier alpha value is -2.04. The third-order valence-electron chi connectivity index (χ3n) is 2.75. The van der Waals surface area contributed by atoms with Crippen LogP contribution in [-0.4, -0.2) is 29.6 Å². The van der Waals surface area contributed by atoms with Crippen molar-refractivity contribution in [3.8, 4) is 5.75 Å². The molecule has 0 radical (unpaired) electrons. The molecule has 0 bridgehead atoms. The van der Waals surface area contributed by atoms with Gasteiger partial charge in [-0.15, -0.1) is 0 Å². The highest BCUT2D eigenvalue weighted by atomic mass is 16.5. The first-order valence-electron chi connectivity index (χ1n) is 6.74. The van der Waals surface area contributed by atoms with Gasteiger partial charge in [0.05, 0.1) is 6.42 Å². The maximum absolute atomic E-state index is 11.6. The maximum atomic E-state index is 11.6. The number of rotatable bonds is 8. The zero-order valence-corrected chi connectivity index (χ0v) is 11.9. The summed E-state index contributed by atoms with van der Waals surface area (Å²) in [5, 5.41) is 11.6. The summed E-state index contributed by atoms with van der Waals surface area (Å²) < 4.78 is 5.36. The molecule has 20 heavy (non-hydrogen) atoms. The van der Waals surface area contributed by atoms with E-state index in [1.165, 1.54) is 0 Å². The Bertz CT molecular complexity index is 459. The first kappa shape index (κ1) is 16.0. The number of carboxylic acids is 1. The molecule has 1 aromatic rings. The van der Waals surface area contributed by atoms with Gasteiger partial charge in [-0.25, -0.2) is 0 Å². The van der Waals surface area contributed by atoms with Crippen LogP contribution in [-0.2, 0) is 16.0 Å². The third kappa shape index (κ3) is 6.22. The molecular formula is C15H21NO4. The van der Waals surface area contributed by atoms with E-state index in [1.54, 1.807) is 24.3 Å². The van der Waals surface area contributed by atoms with Crippen molar-refractivity contribution in [1.82, 2.24) is 5.32 Å². The number of carboxylic acid groups (broad SMARTS) is 1. The molecule has 1 amide bonds. The van der Waals surface area contributed by atoms with Gasteiger partial charge in [0.25, 0.3) is 5.91 Å². The second-order valence-corrected chi connectivity index (χ2v) is 4.76. The summed E-state index contributed by atoms with van der Waals surface area (Å²) in [5.41, 5.74) is 0.648. The largest absolute Gasteiger partial charge is 0.484 e. The standard InChI is InChI=1S/C15H21NO4/c1-3-5-11(2)16-14(17)10-20-13-7-4-6-12(8-13)9-15(18)19/h4,6-8,11H,3,5,9-10H2,1-2H3,(H,16,17)(H,18,19). The SMILES string of the molecule is CCCC(C)NC(=O)COc1cccc(CC(=O)O)c1. The molecule has 0 aromatic heterocycles. The van der Waals surface area contributed by atoms with Gasteiger partial charge >= 0.3 is 5.97 Å².